The Morgan fingerprint density at radius 2 is 1.80 bits per heavy atom. The maximum absolute atomic E-state index is 13.0. The summed E-state index contributed by atoms with van der Waals surface area (Å²) in [5.41, 5.74) is 5.57. The zero-order valence-corrected chi connectivity index (χ0v) is 16.3. The lowest BCUT2D eigenvalue weighted by molar-refractivity contribution is -0.123. The van der Waals surface area contributed by atoms with E-state index in [0.717, 1.165) is 29.6 Å². The molecule has 3 aliphatic rings. The second-order valence-electron chi connectivity index (χ2n) is 8.01. The Hall–Kier alpha value is -3.77. The second-order valence-corrected chi connectivity index (χ2v) is 8.01. The number of hydrogen-bond donors (Lipinski definition) is 1. The van der Waals surface area contributed by atoms with Gasteiger partial charge >= 0.3 is 0 Å². The number of amides is 2. The van der Waals surface area contributed by atoms with E-state index in [0.29, 0.717) is 32.5 Å². The van der Waals surface area contributed by atoms with Crippen LogP contribution >= 0.6 is 0 Å². The molecule has 6 nitrogen and oxygen atoms in total. The number of imide groups is 1. The SMILES string of the molecule is C[N+]12C=CN=C(C3=C(c4cccc5ccoc45)C(=O)NC3=O)c3cccc(c31)CC2. The van der Waals surface area contributed by atoms with Crippen molar-refractivity contribution in [3.63, 3.8) is 0 Å². The Labute approximate surface area is 172 Å². The van der Waals surface area contributed by atoms with E-state index in [9.17, 15) is 9.59 Å². The van der Waals surface area contributed by atoms with Crippen molar-refractivity contribution in [2.45, 2.75) is 6.42 Å². The van der Waals surface area contributed by atoms with Crippen molar-refractivity contribution in [2.75, 3.05) is 13.6 Å². The Balaban J connectivity index is 1.66. The van der Waals surface area contributed by atoms with Crippen molar-refractivity contribution in [2.24, 2.45) is 4.99 Å². The van der Waals surface area contributed by atoms with Crippen LogP contribution in [-0.2, 0) is 16.0 Å². The summed E-state index contributed by atoms with van der Waals surface area (Å²) >= 11 is 0. The number of carbonyl (C=O) groups is 2. The Kier molecular flexibility index (Phi) is 3.35. The molecule has 0 saturated heterocycles. The van der Waals surface area contributed by atoms with Crippen LogP contribution < -0.4 is 9.80 Å². The molecule has 1 atom stereocenters. The maximum atomic E-state index is 13.0. The van der Waals surface area contributed by atoms with Crippen LogP contribution in [0.2, 0.25) is 0 Å². The van der Waals surface area contributed by atoms with Crippen molar-refractivity contribution < 1.29 is 14.0 Å². The lowest BCUT2D eigenvalue weighted by atomic mass is 9.92. The molecule has 4 heterocycles. The molecule has 6 heteroatoms. The predicted octanol–water partition coefficient (Wildman–Crippen LogP) is 3.31. The van der Waals surface area contributed by atoms with Crippen LogP contribution in [0.5, 0.6) is 0 Å². The Morgan fingerprint density at radius 3 is 2.70 bits per heavy atom. The fourth-order valence-corrected chi connectivity index (χ4v) is 4.85. The van der Waals surface area contributed by atoms with Crippen LogP contribution in [0.15, 0.2) is 76.1 Å². The third-order valence-electron chi connectivity index (χ3n) is 6.25. The number of rotatable bonds is 2. The van der Waals surface area contributed by atoms with Gasteiger partial charge in [-0.1, -0.05) is 30.3 Å². The Bertz CT molecular complexity index is 1380. The highest BCUT2D eigenvalue weighted by Gasteiger charge is 2.42. The molecular formula is C24H18N3O3+. The van der Waals surface area contributed by atoms with Crippen molar-refractivity contribution in [3.8, 4) is 0 Å². The van der Waals surface area contributed by atoms with E-state index in [2.05, 4.69) is 23.4 Å². The van der Waals surface area contributed by atoms with Crippen molar-refractivity contribution in [1.29, 1.82) is 0 Å². The van der Waals surface area contributed by atoms with Gasteiger partial charge in [0.15, 0.2) is 0 Å². The average Bonchev–Trinajstić information content (AvgIpc) is 3.39. The van der Waals surface area contributed by atoms with Gasteiger partial charge in [0.2, 0.25) is 0 Å². The minimum atomic E-state index is -0.433. The molecule has 0 saturated carbocycles. The van der Waals surface area contributed by atoms with Crippen LogP contribution in [0.4, 0.5) is 5.69 Å². The number of para-hydroxylation sites is 2. The van der Waals surface area contributed by atoms with E-state index in [1.165, 1.54) is 5.56 Å². The van der Waals surface area contributed by atoms with E-state index >= 15 is 0 Å². The number of quaternary nitrogens is 1. The van der Waals surface area contributed by atoms with Gasteiger partial charge in [-0.05, 0) is 12.1 Å². The quantitative estimate of drug-likeness (QED) is 0.534. The van der Waals surface area contributed by atoms with Gasteiger partial charge in [0.1, 0.15) is 17.5 Å². The fourth-order valence-electron chi connectivity index (χ4n) is 4.85. The molecule has 3 aliphatic heterocycles. The van der Waals surface area contributed by atoms with E-state index in [1.54, 1.807) is 12.5 Å². The molecule has 3 aromatic rings. The van der Waals surface area contributed by atoms with Gasteiger partial charge in [-0.25, -0.2) is 4.99 Å². The first-order valence-corrected chi connectivity index (χ1v) is 9.87. The van der Waals surface area contributed by atoms with Crippen LogP contribution in [0.3, 0.4) is 0 Å². The molecule has 30 heavy (non-hydrogen) atoms. The van der Waals surface area contributed by atoms with E-state index in [4.69, 9.17) is 4.42 Å². The summed E-state index contributed by atoms with van der Waals surface area (Å²) in [5, 5.41) is 3.34. The summed E-state index contributed by atoms with van der Waals surface area (Å²) < 4.78 is 6.28. The summed E-state index contributed by atoms with van der Waals surface area (Å²) in [6.07, 6.45) is 6.34. The minimum Gasteiger partial charge on any atom is -0.464 e. The Morgan fingerprint density at radius 1 is 1.00 bits per heavy atom. The summed E-state index contributed by atoms with van der Waals surface area (Å²) in [7, 11) is 2.14. The number of likely N-dealkylation sites (N-methyl/N-ethyl adjacent to an activating group) is 1. The van der Waals surface area contributed by atoms with Crippen LogP contribution in [0, 0.1) is 0 Å². The maximum Gasteiger partial charge on any atom is 0.261 e. The second kappa shape index (κ2) is 5.87. The molecule has 1 aromatic heterocycles. The fraction of sp³-hybridized carbons (Fsp3) is 0.125. The lowest BCUT2D eigenvalue weighted by Crippen LogP contribution is -2.37. The highest BCUT2D eigenvalue weighted by atomic mass is 16.3. The first-order valence-electron chi connectivity index (χ1n) is 9.87. The monoisotopic (exact) mass is 396 g/mol. The van der Waals surface area contributed by atoms with Gasteiger partial charge in [-0.3, -0.25) is 19.4 Å². The molecule has 0 bridgehead atoms. The number of benzene rings is 2. The number of fused-ring (bicyclic) bond motifs is 1. The molecule has 0 spiro atoms. The predicted molar refractivity (Wildman–Crippen MR) is 115 cm³/mol. The van der Waals surface area contributed by atoms with E-state index in [1.807, 2.05) is 42.6 Å². The summed E-state index contributed by atoms with van der Waals surface area (Å²) in [6.45, 7) is 0.939. The molecule has 2 amide bonds. The summed E-state index contributed by atoms with van der Waals surface area (Å²) in [5.74, 6) is -0.864. The normalized spacial score (nSPS) is 22.4. The molecule has 146 valence electrons. The minimum absolute atomic E-state index is 0.294. The van der Waals surface area contributed by atoms with Crippen LogP contribution in [-0.4, -0.2) is 31.1 Å². The number of nitrogens with one attached hydrogen (secondary N) is 1. The van der Waals surface area contributed by atoms with E-state index in [-0.39, 0.29) is 0 Å². The number of furan rings is 1. The van der Waals surface area contributed by atoms with Crippen molar-refractivity contribution >= 4 is 39.8 Å². The molecule has 0 radical (unpaired) electrons. The van der Waals surface area contributed by atoms with Crippen LogP contribution in [0.1, 0.15) is 16.7 Å². The molecule has 0 aliphatic carbocycles. The van der Waals surface area contributed by atoms with Crippen molar-refractivity contribution in [1.82, 2.24) is 9.80 Å². The van der Waals surface area contributed by atoms with Crippen LogP contribution in [0.25, 0.3) is 16.5 Å². The average molecular weight is 396 g/mol. The summed E-state index contributed by atoms with van der Waals surface area (Å²) in [4.78, 5) is 30.6. The van der Waals surface area contributed by atoms with Crippen molar-refractivity contribution in [3.05, 3.63) is 83.4 Å². The number of aliphatic imine (C=N–C) groups is 1. The first-order chi connectivity index (χ1) is 14.6. The zero-order chi connectivity index (χ0) is 20.5. The largest absolute Gasteiger partial charge is 0.464 e. The number of nitrogens with zero attached hydrogens (tertiary/aromatic N) is 2. The highest BCUT2D eigenvalue weighted by Crippen LogP contribution is 2.41. The van der Waals surface area contributed by atoms with Gasteiger partial charge in [0.05, 0.1) is 48.5 Å². The van der Waals surface area contributed by atoms with Gasteiger partial charge in [0, 0.05) is 22.9 Å². The highest BCUT2D eigenvalue weighted by molar-refractivity contribution is 6.48. The van der Waals surface area contributed by atoms with Gasteiger partial charge < -0.3 is 4.42 Å². The van der Waals surface area contributed by atoms with Gasteiger partial charge in [-0.2, -0.15) is 0 Å². The third kappa shape index (κ3) is 2.19. The zero-order valence-electron chi connectivity index (χ0n) is 16.3. The molecule has 1 N–H and O–H groups in total. The lowest BCUT2D eigenvalue weighted by Gasteiger charge is -2.25. The molecule has 6 rings (SSSR count). The molecule has 1 unspecified atom stereocenters. The number of carbonyl (C=O) groups excluding carboxylic acids is 2. The van der Waals surface area contributed by atoms with E-state index < -0.39 is 11.8 Å². The summed E-state index contributed by atoms with van der Waals surface area (Å²) in [6, 6.07) is 13.5. The standard InChI is InChI=1S/C24H17N3O3/c1-27-11-8-14-4-2-7-17(21(14)27)20(25-10-12-27)19-18(23(28)26-24(19)29)16-6-3-5-15-9-13-30-22(15)16/h2-7,9-10,12-13H,8,11H2,1H3/p+1. The molecule has 2 aromatic carbocycles. The molecular weight excluding hydrogens is 378 g/mol. The molecule has 0 fully saturated rings. The third-order valence-corrected chi connectivity index (χ3v) is 6.25. The topological polar surface area (TPSA) is 71.7 Å². The van der Waals surface area contributed by atoms with Gasteiger partial charge in [-0.15, -0.1) is 0 Å². The van der Waals surface area contributed by atoms with Gasteiger partial charge in [0.25, 0.3) is 11.8 Å². The number of hydrogen-bond acceptors (Lipinski definition) is 4. The first kappa shape index (κ1) is 17.1. The smallest absolute Gasteiger partial charge is 0.261 e.